The molecule has 132 valence electrons. The van der Waals surface area contributed by atoms with Gasteiger partial charge in [0.2, 0.25) is 0 Å². The van der Waals surface area contributed by atoms with Crippen LogP contribution in [0.15, 0.2) is 60.7 Å². The lowest BCUT2D eigenvalue weighted by Gasteiger charge is -2.32. The van der Waals surface area contributed by atoms with Crippen molar-refractivity contribution in [2.75, 3.05) is 6.61 Å². The quantitative estimate of drug-likeness (QED) is 0.811. The number of amides is 1. The third-order valence-electron chi connectivity index (χ3n) is 4.59. The van der Waals surface area contributed by atoms with E-state index in [4.69, 9.17) is 9.47 Å². The summed E-state index contributed by atoms with van der Waals surface area (Å²) in [5.74, 6) is 0. The largest absolute Gasteiger partial charge is 0.444 e. The Labute approximate surface area is 149 Å². The Hall–Kier alpha value is -2.33. The van der Waals surface area contributed by atoms with E-state index in [1.54, 1.807) is 4.90 Å². The number of benzene rings is 2. The van der Waals surface area contributed by atoms with Gasteiger partial charge in [-0.3, -0.25) is 4.90 Å². The molecule has 0 N–H and O–H groups in total. The molecule has 3 rings (SSSR count). The molecular weight excluding hydrogens is 314 g/mol. The van der Waals surface area contributed by atoms with Crippen LogP contribution in [-0.4, -0.2) is 29.4 Å². The van der Waals surface area contributed by atoms with Crippen molar-refractivity contribution in [3.63, 3.8) is 0 Å². The monoisotopic (exact) mass is 339 g/mol. The first-order valence-electron chi connectivity index (χ1n) is 8.74. The molecule has 0 bridgehead atoms. The third-order valence-corrected chi connectivity index (χ3v) is 4.59. The van der Waals surface area contributed by atoms with Crippen molar-refractivity contribution < 1.29 is 14.3 Å². The zero-order valence-corrected chi connectivity index (χ0v) is 14.9. The maximum Gasteiger partial charge on any atom is 0.412 e. The van der Waals surface area contributed by atoms with Gasteiger partial charge < -0.3 is 9.47 Å². The van der Waals surface area contributed by atoms with E-state index in [1.165, 1.54) is 5.56 Å². The summed E-state index contributed by atoms with van der Waals surface area (Å²) in [6.45, 7) is 4.65. The molecule has 0 aromatic heterocycles. The third kappa shape index (κ3) is 4.40. The molecule has 4 heteroatoms. The Morgan fingerprint density at radius 2 is 1.68 bits per heavy atom. The maximum absolute atomic E-state index is 12.7. The van der Waals surface area contributed by atoms with Gasteiger partial charge in [0.1, 0.15) is 12.3 Å². The van der Waals surface area contributed by atoms with E-state index >= 15 is 0 Å². The summed E-state index contributed by atoms with van der Waals surface area (Å²) in [4.78, 5) is 14.4. The molecule has 0 radical (unpaired) electrons. The number of rotatable bonds is 5. The molecule has 1 aliphatic heterocycles. The van der Waals surface area contributed by atoms with Gasteiger partial charge in [0.05, 0.1) is 12.6 Å². The Balaban J connectivity index is 1.62. The standard InChI is InChI=1S/C21H25NO3/c1-21(2)22(20(23)24-15-18-11-7-4-8-12-18)19(16-25-21)14-13-17-9-5-3-6-10-17/h3-12,19H,13-16H2,1-2H3/t19-/m1/s1. The second-order valence-electron chi connectivity index (χ2n) is 6.85. The number of carbonyl (C=O) groups excluding carboxylic acids is 1. The van der Waals surface area contributed by atoms with E-state index in [-0.39, 0.29) is 18.7 Å². The van der Waals surface area contributed by atoms with Crippen LogP contribution in [-0.2, 0) is 22.5 Å². The molecule has 1 saturated heterocycles. The molecular formula is C21H25NO3. The summed E-state index contributed by atoms with van der Waals surface area (Å²) in [6.07, 6.45) is 1.45. The normalized spacial score (nSPS) is 19.0. The van der Waals surface area contributed by atoms with Crippen molar-refractivity contribution in [2.24, 2.45) is 0 Å². The van der Waals surface area contributed by atoms with Gasteiger partial charge in [0.25, 0.3) is 0 Å². The molecule has 1 atom stereocenters. The number of aryl methyl sites for hydroxylation is 1. The van der Waals surface area contributed by atoms with Crippen LogP contribution in [0.2, 0.25) is 0 Å². The minimum absolute atomic E-state index is 0.0264. The lowest BCUT2D eigenvalue weighted by molar-refractivity contribution is -0.0493. The van der Waals surface area contributed by atoms with Gasteiger partial charge >= 0.3 is 6.09 Å². The van der Waals surface area contributed by atoms with Crippen molar-refractivity contribution in [3.05, 3.63) is 71.8 Å². The van der Waals surface area contributed by atoms with Crippen LogP contribution in [0.5, 0.6) is 0 Å². The summed E-state index contributed by atoms with van der Waals surface area (Å²) in [7, 11) is 0. The predicted molar refractivity (Wildman–Crippen MR) is 97.0 cm³/mol. The first-order valence-corrected chi connectivity index (χ1v) is 8.74. The molecule has 0 saturated carbocycles. The van der Waals surface area contributed by atoms with E-state index in [0.29, 0.717) is 6.61 Å². The number of ether oxygens (including phenoxy) is 2. The number of carbonyl (C=O) groups is 1. The molecule has 1 amide bonds. The molecule has 0 unspecified atom stereocenters. The lowest BCUT2D eigenvalue weighted by Crippen LogP contribution is -2.48. The van der Waals surface area contributed by atoms with Crippen LogP contribution in [0, 0.1) is 0 Å². The molecule has 1 heterocycles. The fourth-order valence-electron chi connectivity index (χ4n) is 3.23. The summed E-state index contributed by atoms with van der Waals surface area (Å²) >= 11 is 0. The SMILES string of the molecule is CC1(C)OC[C@@H](CCc2ccccc2)N1C(=O)OCc1ccccc1. The summed E-state index contributed by atoms with van der Waals surface area (Å²) in [5.41, 5.74) is 1.61. The minimum Gasteiger partial charge on any atom is -0.444 e. The van der Waals surface area contributed by atoms with Gasteiger partial charge in [-0.2, -0.15) is 0 Å². The van der Waals surface area contributed by atoms with Crippen molar-refractivity contribution in [1.82, 2.24) is 4.90 Å². The van der Waals surface area contributed by atoms with Gasteiger partial charge in [-0.1, -0.05) is 60.7 Å². The van der Waals surface area contributed by atoms with Gasteiger partial charge in [0, 0.05) is 0 Å². The van der Waals surface area contributed by atoms with Gasteiger partial charge in [-0.15, -0.1) is 0 Å². The van der Waals surface area contributed by atoms with Crippen LogP contribution in [0.3, 0.4) is 0 Å². The van der Waals surface area contributed by atoms with E-state index in [2.05, 4.69) is 12.1 Å². The average molecular weight is 339 g/mol. The van der Waals surface area contributed by atoms with E-state index < -0.39 is 5.72 Å². The van der Waals surface area contributed by atoms with E-state index in [9.17, 15) is 4.79 Å². The molecule has 0 spiro atoms. The van der Waals surface area contributed by atoms with Crippen LogP contribution < -0.4 is 0 Å². The van der Waals surface area contributed by atoms with Crippen molar-refractivity contribution in [2.45, 2.75) is 45.1 Å². The maximum atomic E-state index is 12.7. The fourth-order valence-corrected chi connectivity index (χ4v) is 3.23. The van der Waals surface area contributed by atoms with Crippen molar-refractivity contribution >= 4 is 6.09 Å². The number of hydrogen-bond acceptors (Lipinski definition) is 3. The Morgan fingerprint density at radius 3 is 2.32 bits per heavy atom. The van der Waals surface area contributed by atoms with Crippen molar-refractivity contribution in [3.8, 4) is 0 Å². The highest BCUT2D eigenvalue weighted by atomic mass is 16.6. The molecule has 1 fully saturated rings. The van der Waals surface area contributed by atoms with Crippen LogP contribution >= 0.6 is 0 Å². The summed E-state index contributed by atoms with van der Waals surface area (Å²) < 4.78 is 11.4. The van der Waals surface area contributed by atoms with Crippen LogP contribution in [0.25, 0.3) is 0 Å². The van der Waals surface area contributed by atoms with E-state index in [0.717, 1.165) is 18.4 Å². The van der Waals surface area contributed by atoms with Crippen molar-refractivity contribution in [1.29, 1.82) is 0 Å². The smallest absolute Gasteiger partial charge is 0.412 e. The summed E-state index contributed by atoms with van der Waals surface area (Å²) in [5, 5.41) is 0. The first-order chi connectivity index (χ1) is 12.1. The molecule has 0 aliphatic carbocycles. The minimum atomic E-state index is -0.644. The second kappa shape index (κ2) is 7.70. The van der Waals surface area contributed by atoms with Gasteiger partial charge in [-0.05, 0) is 37.8 Å². The fraction of sp³-hybridized carbons (Fsp3) is 0.381. The number of hydrogen-bond donors (Lipinski definition) is 0. The number of nitrogens with zero attached hydrogens (tertiary/aromatic N) is 1. The Bertz CT molecular complexity index is 685. The van der Waals surface area contributed by atoms with Gasteiger partial charge in [-0.25, -0.2) is 4.79 Å². The molecule has 2 aromatic carbocycles. The van der Waals surface area contributed by atoms with Crippen LogP contribution in [0.1, 0.15) is 31.4 Å². The zero-order valence-electron chi connectivity index (χ0n) is 14.9. The first kappa shape index (κ1) is 17.5. The lowest BCUT2D eigenvalue weighted by atomic mass is 10.0. The molecule has 4 nitrogen and oxygen atoms in total. The highest BCUT2D eigenvalue weighted by molar-refractivity contribution is 5.69. The summed E-state index contributed by atoms with van der Waals surface area (Å²) in [6, 6.07) is 20.1. The van der Waals surface area contributed by atoms with E-state index in [1.807, 2.05) is 62.4 Å². The van der Waals surface area contributed by atoms with Gasteiger partial charge in [0.15, 0.2) is 0 Å². The molecule has 1 aliphatic rings. The average Bonchev–Trinajstić information content (AvgIpc) is 2.94. The Morgan fingerprint density at radius 1 is 1.08 bits per heavy atom. The molecule has 25 heavy (non-hydrogen) atoms. The second-order valence-corrected chi connectivity index (χ2v) is 6.85. The topological polar surface area (TPSA) is 38.8 Å². The highest BCUT2D eigenvalue weighted by Crippen LogP contribution is 2.30. The van der Waals surface area contributed by atoms with Crippen LogP contribution in [0.4, 0.5) is 4.79 Å². The highest BCUT2D eigenvalue weighted by Gasteiger charge is 2.44. The Kier molecular flexibility index (Phi) is 5.39. The zero-order chi connectivity index (χ0) is 17.7. The predicted octanol–water partition coefficient (Wildman–Crippen LogP) is 4.39. The molecule has 2 aromatic rings.